The van der Waals surface area contributed by atoms with Crippen LogP contribution in [0.4, 0.5) is 18.9 Å². The summed E-state index contributed by atoms with van der Waals surface area (Å²) in [5.74, 6) is -1.34. The number of aliphatic carboxylic acids is 1. The number of aromatic nitrogens is 2. The number of halogens is 3. The second-order valence-electron chi connectivity index (χ2n) is 18.2. The average molecular weight is 964 g/mol. The predicted molar refractivity (Wildman–Crippen MR) is 251 cm³/mol. The minimum Gasteiger partial charge on any atom is -0.506 e. The fraction of sp³-hybridized carbons (Fsp3) is 0.540. The first-order valence-corrected chi connectivity index (χ1v) is 24.1. The summed E-state index contributed by atoms with van der Waals surface area (Å²) in [6, 6.07) is 20.4. The normalized spacial score (nSPS) is 17.4. The van der Waals surface area contributed by atoms with Crippen LogP contribution in [0.15, 0.2) is 60.7 Å². The Morgan fingerprint density at radius 3 is 2.46 bits per heavy atom. The van der Waals surface area contributed by atoms with Gasteiger partial charge in [0.25, 0.3) is 5.91 Å². The van der Waals surface area contributed by atoms with Gasteiger partial charge in [-0.2, -0.15) is 13.2 Å². The van der Waals surface area contributed by atoms with E-state index in [9.17, 15) is 32.7 Å². The van der Waals surface area contributed by atoms with Crippen molar-refractivity contribution >= 4 is 40.4 Å². The number of phenolic OH excluding ortho intramolecular Hbond substituents is 1. The number of fused-ring (bicyclic) bond motifs is 2. The molecule has 3 aromatic carbocycles. The maximum atomic E-state index is 13.6. The van der Waals surface area contributed by atoms with Gasteiger partial charge in [-0.05, 0) is 80.0 Å². The van der Waals surface area contributed by atoms with Crippen molar-refractivity contribution < 1.29 is 56.8 Å². The molecule has 4 aromatic rings. The number of H-pyrrole nitrogens is 1. The summed E-state index contributed by atoms with van der Waals surface area (Å²) in [7, 11) is 0. The van der Waals surface area contributed by atoms with E-state index in [1.54, 1.807) is 6.07 Å². The molecule has 3 amide bonds. The first kappa shape index (κ1) is 51.1. The average Bonchev–Trinajstić information content (AvgIpc) is 3.77. The van der Waals surface area contributed by atoms with Gasteiger partial charge in [-0.1, -0.05) is 61.7 Å². The molecule has 0 radical (unpaired) electrons. The zero-order valence-corrected chi connectivity index (χ0v) is 39.0. The van der Waals surface area contributed by atoms with Crippen LogP contribution >= 0.6 is 0 Å². The summed E-state index contributed by atoms with van der Waals surface area (Å²) in [6.45, 7) is 7.49. The maximum Gasteiger partial charge on any atom is 0.490 e. The maximum absolute atomic E-state index is 13.6. The summed E-state index contributed by atoms with van der Waals surface area (Å²) < 4.78 is 49.8. The number of piperidine rings is 1. The molecule has 3 aliphatic heterocycles. The minimum absolute atomic E-state index is 0.00486. The molecule has 1 saturated carbocycles. The number of aromatic amines is 1. The van der Waals surface area contributed by atoms with Crippen LogP contribution < -0.4 is 15.4 Å². The fourth-order valence-electron chi connectivity index (χ4n) is 9.59. The van der Waals surface area contributed by atoms with Crippen molar-refractivity contribution in [3.8, 4) is 11.5 Å². The molecule has 4 aliphatic rings. The van der Waals surface area contributed by atoms with E-state index < -0.39 is 12.1 Å². The quantitative estimate of drug-likeness (QED) is 0.0577. The molecule has 1 spiro atoms. The van der Waals surface area contributed by atoms with Crippen LogP contribution in [-0.2, 0) is 54.5 Å². The van der Waals surface area contributed by atoms with Crippen LogP contribution in [0.5, 0.6) is 11.5 Å². The van der Waals surface area contributed by atoms with Crippen LogP contribution in [-0.4, -0.2) is 149 Å². The van der Waals surface area contributed by atoms with E-state index in [1.807, 2.05) is 35.2 Å². The molecule has 1 aromatic heterocycles. The molecule has 1 aliphatic carbocycles. The number of carbonyl (C=O) groups excluding carboxylic acids is 3. The highest BCUT2D eigenvalue weighted by Gasteiger charge is 2.41. The van der Waals surface area contributed by atoms with Crippen LogP contribution in [0.3, 0.4) is 0 Å². The van der Waals surface area contributed by atoms with Crippen molar-refractivity contribution in [3.05, 3.63) is 83.2 Å². The number of nitrogens with one attached hydrogen (secondary N) is 3. The van der Waals surface area contributed by atoms with E-state index in [1.165, 1.54) is 17.5 Å². The van der Waals surface area contributed by atoms with Gasteiger partial charge in [-0.25, -0.2) is 9.78 Å². The number of anilines is 1. The molecule has 3 fully saturated rings. The number of amides is 3. The topological polar surface area (TPSA) is 199 Å². The minimum atomic E-state index is -5.08. The van der Waals surface area contributed by atoms with Gasteiger partial charge >= 0.3 is 12.1 Å². The summed E-state index contributed by atoms with van der Waals surface area (Å²) in [5.41, 5.74) is 5.41. The number of morpholine rings is 1. The van der Waals surface area contributed by atoms with E-state index in [0.29, 0.717) is 89.7 Å². The number of carboxylic acids is 1. The molecular formula is C50H64F3N7O9. The number of imidazole rings is 1. The number of para-hydroxylation sites is 2. The molecule has 2 saturated heterocycles. The second kappa shape index (κ2) is 24.2. The van der Waals surface area contributed by atoms with Crippen molar-refractivity contribution in [2.24, 2.45) is 0 Å². The Kier molecular flexibility index (Phi) is 17.9. The molecule has 69 heavy (non-hydrogen) atoms. The SMILES string of the molecule is O=C(O)C(F)(F)F.O=C1COc2c(CCNCCN(C(=O)CCOCCc3cccc(CN4CCC5(CC4)CN(C(=O)CCc4nc6ccccc6[nH]4)CCO5)c3)C3CCCCC3)ccc(O)c2N1. The highest BCUT2D eigenvalue weighted by Crippen LogP contribution is 2.39. The Morgan fingerprint density at radius 1 is 0.928 bits per heavy atom. The first-order chi connectivity index (χ1) is 33.2. The first-order valence-electron chi connectivity index (χ1n) is 24.1. The molecule has 19 heteroatoms. The van der Waals surface area contributed by atoms with Crippen LogP contribution in [0.25, 0.3) is 11.0 Å². The smallest absolute Gasteiger partial charge is 0.490 e. The highest BCUT2D eigenvalue weighted by molar-refractivity contribution is 5.97. The number of hydrogen-bond donors (Lipinski definition) is 5. The van der Waals surface area contributed by atoms with Gasteiger partial charge in [0.05, 0.1) is 42.9 Å². The molecule has 4 heterocycles. The molecule has 0 atom stereocenters. The largest absolute Gasteiger partial charge is 0.506 e. The van der Waals surface area contributed by atoms with E-state index in [4.69, 9.17) is 24.1 Å². The van der Waals surface area contributed by atoms with Crippen LogP contribution in [0.2, 0.25) is 0 Å². The Balaban J connectivity index is 0.000000933. The molecule has 0 unspecified atom stereocenters. The van der Waals surface area contributed by atoms with Crippen molar-refractivity contribution in [2.75, 3.05) is 77.6 Å². The number of carboxylic acid groups (broad SMARTS) is 1. The summed E-state index contributed by atoms with van der Waals surface area (Å²) >= 11 is 0. The van der Waals surface area contributed by atoms with Crippen molar-refractivity contribution in [1.29, 1.82) is 0 Å². The predicted octanol–water partition coefficient (Wildman–Crippen LogP) is 6.00. The number of benzene rings is 3. The Morgan fingerprint density at radius 2 is 1.70 bits per heavy atom. The van der Waals surface area contributed by atoms with Gasteiger partial charge in [0, 0.05) is 64.7 Å². The summed E-state index contributed by atoms with van der Waals surface area (Å²) in [5, 5.41) is 23.5. The number of aromatic hydroxyl groups is 1. The Labute approximate surface area is 399 Å². The van der Waals surface area contributed by atoms with Crippen molar-refractivity contribution in [2.45, 2.75) is 101 Å². The number of carbonyl (C=O) groups is 4. The number of aryl methyl sites for hydroxylation is 1. The third-order valence-electron chi connectivity index (χ3n) is 13.3. The lowest BCUT2D eigenvalue weighted by Gasteiger charge is -2.47. The number of rotatable bonds is 18. The van der Waals surface area contributed by atoms with E-state index in [0.717, 1.165) is 87.0 Å². The lowest BCUT2D eigenvalue weighted by molar-refractivity contribution is -0.192. The van der Waals surface area contributed by atoms with Gasteiger partial charge in [0.15, 0.2) is 12.4 Å². The standard InChI is InChI=1S/C48H63N7O7.C2HF3O2/c56-41-14-13-37(47-46(41)52-43(57)33-61-47)17-22-49-23-26-55(38-9-2-1-3-10-38)45(59)19-29-60-28-18-35-7-6-8-36(31-35)32-53-24-20-48(21-25-53)34-54(27-30-62-48)44(58)16-15-42-50-39-11-4-5-12-40(39)51-42;3-2(4,5)1(6)7/h4-8,11-14,31,38,49,56H,1-3,9-10,15-30,32-34H2,(H,50,51)(H,52,57);(H,6,7). The zero-order chi connectivity index (χ0) is 48.8. The van der Waals surface area contributed by atoms with E-state index >= 15 is 0 Å². The molecular weight excluding hydrogens is 900 g/mol. The number of alkyl halides is 3. The lowest BCUT2D eigenvalue weighted by atomic mass is 9.89. The third kappa shape index (κ3) is 14.6. The monoisotopic (exact) mass is 963 g/mol. The fourth-order valence-corrected chi connectivity index (χ4v) is 9.59. The number of likely N-dealkylation sites (tertiary alicyclic amines) is 1. The molecule has 0 bridgehead atoms. The van der Waals surface area contributed by atoms with Gasteiger partial charge in [0.1, 0.15) is 17.3 Å². The van der Waals surface area contributed by atoms with Crippen molar-refractivity contribution in [3.63, 3.8) is 0 Å². The van der Waals surface area contributed by atoms with Crippen LogP contribution in [0, 0.1) is 0 Å². The summed E-state index contributed by atoms with van der Waals surface area (Å²) in [6.07, 6.45) is 5.21. The number of nitrogens with zero attached hydrogens (tertiary/aromatic N) is 4. The molecule has 5 N–H and O–H groups in total. The lowest BCUT2D eigenvalue weighted by Crippen LogP contribution is -2.57. The van der Waals surface area contributed by atoms with Crippen LogP contribution in [0.1, 0.15) is 80.3 Å². The Bertz CT molecular complexity index is 2330. The molecule has 16 nitrogen and oxygen atoms in total. The van der Waals surface area contributed by atoms with Gasteiger partial charge in [0.2, 0.25) is 11.8 Å². The van der Waals surface area contributed by atoms with Crippen molar-refractivity contribution in [1.82, 2.24) is 30.0 Å². The van der Waals surface area contributed by atoms with Gasteiger partial charge < -0.3 is 49.8 Å². The Hall–Kier alpha value is -5.76. The van der Waals surface area contributed by atoms with Gasteiger partial charge in [-0.3, -0.25) is 19.3 Å². The number of hydrogen-bond acceptors (Lipinski definition) is 11. The van der Waals surface area contributed by atoms with Gasteiger partial charge in [-0.15, -0.1) is 0 Å². The summed E-state index contributed by atoms with van der Waals surface area (Å²) in [4.78, 5) is 62.1. The molecule has 8 rings (SSSR count). The molecule has 374 valence electrons. The van der Waals surface area contributed by atoms with E-state index in [2.05, 4.69) is 54.7 Å². The second-order valence-corrected chi connectivity index (χ2v) is 18.2. The van der Waals surface area contributed by atoms with E-state index in [-0.39, 0.29) is 41.7 Å². The highest BCUT2D eigenvalue weighted by atomic mass is 19.4. The zero-order valence-electron chi connectivity index (χ0n) is 39.0. The number of phenols is 1. The third-order valence-corrected chi connectivity index (χ3v) is 13.3. The number of ether oxygens (including phenoxy) is 3.